The maximum absolute atomic E-state index is 12.2. The molecule has 0 aromatic heterocycles. The van der Waals surface area contributed by atoms with E-state index in [1.807, 2.05) is 30.3 Å². The summed E-state index contributed by atoms with van der Waals surface area (Å²) >= 11 is 0. The SMILES string of the molecule is O=C(O)CCC(NC(=O)C1CC(O)CN1)c1ccccc1. The Morgan fingerprint density at radius 1 is 1.33 bits per heavy atom. The Hall–Kier alpha value is -1.92. The molecule has 6 nitrogen and oxygen atoms in total. The summed E-state index contributed by atoms with van der Waals surface area (Å²) in [4.78, 5) is 22.9. The van der Waals surface area contributed by atoms with Crippen LogP contribution in [0.2, 0.25) is 0 Å². The number of aliphatic hydroxyl groups excluding tert-OH is 1. The van der Waals surface area contributed by atoms with Crippen LogP contribution in [0.5, 0.6) is 0 Å². The summed E-state index contributed by atoms with van der Waals surface area (Å²) in [6, 6.07) is 8.55. The van der Waals surface area contributed by atoms with Crippen LogP contribution in [0.15, 0.2) is 30.3 Å². The number of carboxylic acid groups (broad SMARTS) is 1. The Morgan fingerprint density at radius 3 is 2.62 bits per heavy atom. The first-order chi connectivity index (χ1) is 10.1. The lowest BCUT2D eigenvalue weighted by Crippen LogP contribution is -2.42. The number of aliphatic carboxylic acids is 1. The average molecular weight is 292 g/mol. The molecule has 2 rings (SSSR count). The van der Waals surface area contributed by atoms with Gasteiger partial charge in [-0.15, -0.1) is 0 Å². The zero-order valence-electron chi connectivity index (χ0n) is 11.7. The van der Waals surface area contributed by atoms with Crippen molar-refractivity contribution in [3.05, 3.63) is 35.9 Å². The number of carbonyl (C=O) groups is 2. The van der Waals surface area contributed by atoms with Crippen LogP contribution in [0.1, 0.15) is 30.9 Å². The topological polar surface area (TPSA) is 98.7 Å². The van der Waals surface area contributed by atoms with E-state index in [0.717, 1.165) is 5.56 Å². The van der Waals surface area contributed by atoms with E-state index in [1.165, 1.54) is 0 Å². The molecule has 21 heavy (non-hydrogen) atoms. The van der Waals surface area contributed by atoms with Crippen LogP contribution in [0.25, 0.3) is 0 Å². The molecule has 114 valence electrons. The fourth-order valence-corrected chi connectivity index (χ4v) is 2.46. The first-order valence-corrected chi connectivity index (χ1v) is 7.05. The molecule has 1 aromatic carbocycles. The number of hydrogen-bond donors (Lipinski definition) is 4. The van der Waals surface area contributed by atoms with Gasteiger partial charge in [0.15, 0.2) is 0 Å². The third-order valence-corrected chi connectivity index (χ3v) is 3.59. The van der Waals surface area contributed by atoms with Gasteiger partial charge in [0.1, 0.15) is 0 Å². The lowest BCUT2D eigenvalue weighted by molar-refractivity contribution is -0.137. The summed E-state index contributed by atoms with van der Waals surface area (Å²) in [6.07, 6.45) is 0.197. The van der Waals surface area contributed by atoms with Crippen molar-refractivity contribution in [2.45, 2.75) is 37.5 Å². The molecule has 1 aromatic rings. The van der Waals surface area contributed by atoms with Crippen molar-refractivity contribution in [2.75, 3.05) is 6.54 Å². The van der Waals surface area contributed by atoms with E-state index in [0.29, 0.717) is 19.4 Å². The first kappa shape index (κ1) is 15.5. The molecule has 0 spiro atoms. The van der Waals surface area contributed by atoms with Crippen molar-refractivity contribution >= 4 is 11.9 Å². The van der Waals surface area contributed by atoms with Gasteiger partial charge in [0, 0.05) is 13.0 Å². The fraction of sp³-hybridized carbons (Fsp3) is 0.467. The van der Waals surface area contributed by atoms with Crippen LogP contribution in [0.3, 0.4) is 0 Å². The van der Waals surface area contributed by atoms with E-state index in [-0.39, 0.29) is 18.4 Å². The number of aliphatic hydroxyl groups is 1. The molecule has 3 unspecified atom stereocenters. The van der Waals surface area contributed by atoms with Gasteiger partial charge in [-0.25, -0.2) is 0 Å². The van der Waals surface area contributed by atoms with E-state index < -0.39 is 18.1 Å². The van der Waals surface area contributed by atoms with Crippen molar-refractivity contribution in [1.82, 2.24) is 10.6 Å². The molecule has 1 aliphatic rings. The van der Waals surface area contributed by atoms with Crippen LogP contribution in [-0.4, -0.2) is 40.8 Å². The smallest absolute Gasteiger partial charge is 0.303 e. The molecule has 1 amide bonds. The third-order valence-electron chi connectivity index (χ3n) is 3.59. The van der Waals surface area contributed by atoms with E-state index in [1.54, 1.807) is 0 Å². The standard InChI is InChI=1S/C15H20N2O4/c18-11-8-13(16-9-11)15(21)17-12(6-7-14(19)20)10-4-2-1-3-5-10/h1-5,11-13,16,18H,6-9H2,(H,17,21)(H,19,20). The normalized spacial score (nSPS) is 22.7. The minimum atomic E-state index is -0.889. The second kappa shape index (κ2) is 7.19. The van der Waals surface area contributed by atoms with Gasteiger partial charge in [-0.3, -0.25) is 9.59 Å². The molecule has 6 heteroatoms. The number of carbonyl (C=O) groups excluding carboxylic acids is 1. The summed E-state index contributed by atoms with van der Waals surface area (Å²) in [7, 11) is 0. The average Bonchev–Trinajstić information content (AvgIpc) is 2.90. The zero-order chi connectivity index (χ0) is 15.2. The van der Waals surface area contributed by atoms with Crippen LogP contribution in [-0.2, 0) is 9.59 Å². The summed E-state index contributed by atoms with van der Waals surface area (Å²) in [5.74, 6) is -1.09. The largest absolute Gasteiger partial charge is 0.481 e. The quantitative estimate of drug-likeness (QED) is 0.609. The lowest BCUT2D eigenvalue weighted by Gasteiger charge is -2.21. The van der Waals surface area contributed by atoms with Crippen molar-refractivity contribution in [2.24, 2.45) is 0 Å². The van der Waals surface area contributed by atoms with E-state index in [2.05, 4.69) is 10.6 Å². The molecule has 0 aliphatic carbocycles. The number of β-amino-alcohol motifs (C(OH)–C–C–N with tert-alkyl or cyclic N) is 1. The summed E-state index contributed by atoms with van der Waals surface area (Å²) in [5.41, 5.74) is 0.880. The third kappa shape index (κ3) is 4.54. The van der Waals surface area contributed by atoms with Crippen molar-refractivity contribution < 1.29 is 19.8 Å². The van der Waals surface area contributed by atoms with Crippen molar-refractivity contribution in [3.63, 3.8) is 0 Å². The van der Waals surface area contributed by atoms with E-state index in [9.17, 15) is 14.7 Å². The molecule has 0 radical (unpaired) electrons. The van der Waals surface area contributed by atoms with Gasteiger partial charge in [-0.2, -0.15) is 0 Å². The molecular weight excluding hydrogens is 272 g/mol. The number of rotatable bonds is 6. The fourth-order valence-electron chi connectivity index (χ4n) is 2.46. The van der Waals surface area contributed by atoms with Gasteiger partial charge < -0.3 is 20.8 Å². The Bertz CT molecular complexity index is 492. The van der Waals surface area contributed by atoms with Gasteiger partial charge in [0.2, 0.25) is 5.91 Å². The number of nitrogens with one attached hydrogen (secondary N) is 2. The number of carboxylic acids is 1. The number of amides is 1. The van der Waals surface area contributed by atoms with Crippen LogP contribution >= 0.6 is 0 Å². The lowest BCUT2D eigenvalue weighted by atomic mass is 10.0. The van der Waals surface area contributed by atoms with Gasteiger partial charge >= 0.3 is 5.97 Å². The summed E-state index contributed by atoms with van der Waals surface area (Å²) < 4.78 is 0. The highest BCUT2D eigenvalue weighted by atomic mass is 16.4. The van der Waals surface area contributed by atoms with Crippen LogP contribution in [0.4, 0.5) is 0 Å². The highest BCUT2D eigenvalue weighted by Gasteiger charge is 2.29. The minimum Gasteiger partial charge on any atom is -0.481 e. The van der Waals surface area contributed by atoms with Gasteiger partial charge in [-0.05, 0) is 18.4 Å². The summed E-state index contributed by atoms with van der Waals surface area (Å²) in [5, 5.41) is 24.1. The van der Waals surface area contributed by atoms with Crippen molar-refractivity contribution in [3.8, 4) is 0 Å². The predicted molar refractivity (Wildman–Crippen MR) is 76.6 cm³/mol. The molecule has 4 N–H and O–H groups in total. The highest BCUT2D eigenvalue weighted by molar-refractivity contribution is 5.82. The number of benzene rings is 1. The summed E-state index contributed by atoms with van der Waals surface area (Å²) in [6.45, 7) is 0.406. The maximum atomic E-state index is 12.2. The minimum absolute atomic E-state index is 0.0133. The molecule has 1 aliphatic heterocycles. The first-order valence-electron chi connectivity index (χ1n) is 7.05. The molecule has 1 fully saturated rings. The van der Waals surface area contributed by atoms with Gasteiger partial charge in [0.25, 0.3) is 0 Å². The monoisotopic (exact) mass is 292 g/mol. The second-order valence-electron chi connectivity index (χ2n) is 5.25. The molecule has 1 saturated heterocycles. The molecule has 1 heterocycles. The number of hydrogen-bond acceptors (Lipinski definition) is 4. The molecule has 0 bridgehead atoms. The zero-order valence-corrected chi connectivity index (χ0v) is 11.7. The highest BCUT2D eigenvalue weighted by Crippen LogP contribution is 2.19. The van der Waals surface area contributed by atoms with Gasteiger partial charge in [-0.1, -0.05) is 30.3 Å². The Kier molecular flexibility index (Phi) is 5.30. The second-order valence-corrected chi connectivity index (χ2v) is 5.25. The van der Waals surface area contributed by atoms with E-state index >= 15 is 0 Å². The van der Waals surface area contributed by atoms with Crippen molar-refractivity contribution in [1.29, 1.82) is 0 Å². The van der Waals surface area contributed by atoms with Crippen LogP contribution in [0, 0.1) is 0 Å². The Labute approximate surface area is 123 Å². The predicted octanol–water partition coefficient (Wildman–Crippen LogP) is 0.432. The van der Waals surface area contributed by atoms with Gasteiger partial charge in [0.05, 0.1) is 18.2 Å². The Balaban J connectivity index is 2.01. The molecular formula is C15H20N2O4. The Morgan fingerprint density at radius 2 is 2.05 bits per heavy atom. The molecule has 3 atom stereocenters. The maximum Gasteiger partial charge on any atom is 0.303 e. The van der Waals surface area contributed by atoms with Crippen LogP contribution < -0.4 is 10.6 Å². The van der Waals surface area contributed by atoms with E-state index in [4.69, 9.17) is 5.11 Å². The molecule has 0 saturated carbocycles.